The molecule has 0 saturated heterocycles. The standard InChI is InChI=1S/C22H30/c1-3-4-5-6-7-8-14-21-15-9-10-16-22(21)18-20-13-11-12-19(2)17-20/h9-13,15-17H,3-8,14,18H2,1-2H3. The van der Waals surface area contributed by atoms with E-state index in [1.165, 1.54) is 61.6 Å². The highest BCUT2D eigenvalue weighted by molar-refractivity contribution is 5.34. The van der Waals surface area contributed by atoms with Gasteiger partial charge in [-0.2, -0.15) is 0 Å². The van der Waals surface area contributed by atoms with Crippen molar-refractivity contribution in [2.45, 2.75) is 65.2 Å². The molecule has 0 heterocycles. The summed E-state index contributed by atoms with van der Waals surface area (Å²) >= 11 is 0. The highest BCUT2D eigenvalue weighted by atomic mass is 14.1. The van der Waals surface area contributed by atoms with Gasteiger partial charge in [-0.25, -0.2) is 0 Å². The first-order valence-corrected chi connectivity index (χ1v) is 8.92. The van der Waals surface area contributed by atoms with E-state index in [9.17, 15) is 0 Å². The van der Waals surface area contributed by atoms with Crippen LogP contribution < -0.4 is 0 Å². The first-order chi connectivity index (χ1) is 10.8. The zero-order valence-electron chi connectivity index (χ0n) is 14.3. The molecule has 0 nitrogen and oxygen atoms in total. The SMILES string of the molecule is CCCCCCCCc1ccccc1Cc1cccc(C)c1. The average molecular weight is 294 g/mol. The molecule has 2 aromatic carbocycles. The maximum Gasteiger partial charge on any atom is -0.00229 e. The molecule has 0 amide bonds. The van der Waals surface area contributed by atoms with E-state index < -0.39 is 0 Å². The number of hydrogen-bond donors (Lipinski definition) is 0. The van der Waals surface area contributed by atoms with Crippen molar-refractivity contribution >= 4 is 0 Å². The van der Waals surface area contributed by atoms with Gasteiger partial charge in [0.15, 0.2) is 0 Å². The lowest BCUT2D eigenvalue weighted by Crippen LogP contribution is -1.96. The van der Waals surface area contributed by atoms with E-state index in [1.54, 1.807) is 5.56 Å². The van der Waals surface area contributed by atoms with E-state index in [-0.39, 0.29) is 0 Å². The van der Waals surface area contributed by atoms with E-state index in [1.807, 2.05) is 0 Å². The van der Waals surface area contributed by atoms with Crippen LogP contribution in [0.3, 0.4) is 0 Å². The van der Waals surface area contributed by atoms with Gasteiger partial charge in [-0.05, 0) is 42.9 Å². The molecule has 0 heteroatoms. The van der Waals surface area contributed by atoms with Crippen molar-refractivity contribution in [2.75, 3.05) is 0 Å². The molecule has 2 aromatic rings. The lowest BCUT2D eigenvalue weighted by atomic mass is 9.95. The number of unbranched alkanes of at least 4 members (excludes halogenated alkanes) is 5. The zero-order valence-corrected chi connectivity index (χ0v) is 14.3. The van der Waals surface area contributed by atoms with Crippen LogP contribution in [0.15, 0.2) is 48.5 Å². The minimum atomic E-state index is 1.06. The quantitative estimate of drug-likeness (QED) is 0.464. The Kier molecular flexibility index (Phi) is 7.22. The Morgan fingerprint density at radius 1 is 0.727 bits per heavy atom. The molecule has 22 heavy (non-hydrogen) atoms. The second-order valence-electron chi connectivity index (χ2n) is 6.45. The molecule has 0 fully saturated rings. The van der Waals surface area contributed by atoms with Crippen LogP contribution in [0, 0.1) is 6.92 Å². The van der Waals surface area contributed by atoms with Crippen LogP contribution in [-0.4, -0.2) is 0 Å². The van der Waals surface area contributed by atoms with E-state index >= 15 is 0 Å². The van der Waals surface area contributed by atoms with Crippen molar-refractivity contribution in [3.63, 3.8) is 0 Å². The number of hydrogen-bond acceptors (Lipinski definition) is 0. The van der Waals surface area contributed by atoms with Gasteiger partial charge in [-0.3, -0.25) is 0 Å². The van der Waals surface area contributed by atoms with Crippen molar-refractivity contribution in [2.24, 2.45) is 0 Å². The topological polar surface area (TPSA) is 0 Å². The Labute approximate surface area is 136 Å². The third-order valence-corrected chi connectivity index (χ3v) is 4.40. The average Bonchev–Trinajstić information content (AvgIpc) is 2.52. The van der Waals surface area contributed by atoms with E-state index in [2.05, 4.69) is 62.4 Å². The summed E-state index contributed by atoms with van der Waals surface area (Å²) in [4.78, 5) is 0. The van der Waals surface area contributed by atoms with Crippen LogP contribution in [0.2, 0.25) is 0 Å². The second kappa shape index (κ2) is 9.46. The Morgan fingerprint density at radius 2 is 1.45 bits per heavy atom. The first-order valence-electron chi connectivity index (χ1n) is 8.92. The van der Waals surface area contributed by atoms with Crippen molar-refractivity contribution in [1.82, 2.24) is 0 Å². The summed E-state index contributed by atoms with van der Waals surface area (Å²) in [6.07, 6.45) is 10.5. The lowest BCUT2D eigenvalue weighted by Gasteiger charge is -2.10. The minimum absolute atomic E-state index is 1.06. The minimum Gasteiger partial charge on any atom is -0.0654 e. The van der Waals surface area contributed by atoms with Gasteiger partial charge >= 0.3 is 0 Å². The number of rotatable bonds is 9. The largest absolute Gasteiger partial charge is 0.0654 e. The monoisotopic (exact) mass is 294 g/mol. The Balaban J connectivity index is 1.89. The van der Waals surface area contributed by atoms with Crippen LogP contribution >= 0.6 is 0 Å². The number of aryl methyl sites for hydroxylation is 2. The third-order valence-electron chi connectivity index (χ3n) is 4.40. The van der Waals surface area contributed by atoms with Crippen LogP contribution in [0.25, 0.3) is 0 Å². The highest BCUT2D eigenvalue weighted by Gasteiger charge is 2.03. The van der Waals surface area contributed by atoms with E-state index in [4.69, 9.17) is 0 Å². The summed E-state index contributed by atoms with van der Waals surface area (Å²) in [5.74, 6) is 0. The summed E-state index contributed by atoms with van der Waals surface area (Å²) in [6, 6.07) is 17.9. The molecule has 0 aliphatic carbocycles. The summed E-state index contributed by atoms with van der Waals surface area (Å²) in [6.45, 7) is 4.45. The van der Waals surface area contributed by atoms with E-state index in [0.717, 1.165) is 6.42 Å². The smallest absolute Gasteiger partial charge is 0.00229 e. The molecule has 2 rings (SSSR count). The predicted octanol–water partition coefficient (Wildman–Crippen LogP) is 6.49. The van der Waals surface area contributed by atoms with Gasteiger partial charge in [0.1, 0.15) is 0 Å². The fourth-order valence-corrected chi connectivity index (χ4v) is 3.11. The van der Waals surface area contributed by atoms with Gasteiger partial charge < -0.3 is 0 Å². The molecule has 118 valence electrons. The molecule has 0 bridgehead atoms. The second-order valence-corrected chi connectivity index (χ2v) is 6.45. The van der Waals surface area contributed by atoms with Crippen molar-refractivity contribution in [1.29, 1.82) is 0 Å². The Bertz CT molecular complexity index is 553. The van der Waals surface area contributed by atoms with Gasteiger partial charge in [0.25, 0.3) is 0 Å². The van der Waals surface area contributed by atoms with Crippen molar-refractivity contribution in [3.05, 3.63) is 70.8 Å². The predicted molar refractivity (Wildman–Crippen MR) is 97.5 cm³/mol. The van der Waals surface area contributed by atoms with Crippen molar-refractivity contribution < 1.29 is 0 Å². The molecule has 0 aromatic heterocycles. The van der Waals surface area contributed by atoms with Crippen LogP contribution in [-0.2, 0) is 12.8 Å². The molecular formula is C22H30. The fourth-order valence-electron chi connectivity index (χ4n) is 3.11. The molecule has 0 N–H and O–H groups in total. The summed E-state index contributed by atoms with van der Waals surface area (Å²) in [5.41, 5.74) is 5.82. The van der Waals surface area contributed by atoms with Gasteiger partial charge in [0, 0.05) is 0 Å². The van der Waals surface area contributed by atoms with Crippen LogP contribution in [0.4, 0.5) is 0 Å². The molecule has 0 atom stereocenters. The van der Waals surface area contributed by atoms with Crippen LogP contribution in [0.1, 0.15) is 67.7 Å². The Morgan fingerprint density at radius 3 is 2.23 bits per heavy atom. The van der Waals surface area contributed by atoms with Crippen LogP contribution in [0.5, 0.6) is 0 Å². The zero-order chi connectivity index (χ0) is 15.6. The lowest BCUT2D eigenvalue weighted by molar-refractivity contribution is 0.607. The molecule has 0 aliphatic heterocycles. The fraction of sp³-hybridized carbons (Fsp3) is 0.455. The molecule has 0 radical (unpaired) electrons. The molecule has 0 spiro atoms. The summed E-state index contributed by atoms with van der Waals surface area (Å²) < 4.78 is 0. The van der Waals surface area contributed by atoms with Gasteiger partial charge in [-0.15, -0.1) is 0 Å². The molecule has 0 saturated carbocycles. The van der Waals surface area contributed by atoms with Gasteiger partial charge in [-0.1, -0.05) is 93.1 Å². The number of benzene rings is 2. The maximum absolute atomic E-state index is 2.32. The van der Waals surface area contributed by atoms with Gasteiger partial charge in [0.05, 0.1) is 0 Å². The maximum atomic E-state index is 2.32. The normalized spacial score (nSPS) is 10.8. The van der Waals surface area contributed by atoms with Crippen molar-refractivity contribution in [3.8, 4) is 0 Å². The Hall–Kier alpha value is -1.56. The third kappa shape index (κ3) is 5.67. The molecule has 0 unspecified atom stereocenters. The summed E-state index contributed by atoms with van der Waals surface area (Å²) in [5, 5.41) is 0. The first kappa shape index (κ1) is 16.8. The van der Waals surface area contributed by atoms with E-state index in [0.29, 0.717) is 0 Å². The van der Waals surface area contributed by atoms with Gasteiger partial charge in [0.2, 0.25) is 0 Å². The highest BCUT2D eigenvalue weighted by Crippen LogP contribution is 2.18. The molecular weight excluding hydrogens is 264 g/mol. The molecule has 0 aliphatic rings. The summed E-state index contributed by atoms with van der Waals surface area (Å²) in [7, 11) is 0.